The molecule has 3 heterocycles. The number of likely N-dealkylation sites (tertiary alicyclic amines) is 1. The molecular weight excluding hydrogens is 524 g/mol. The van der Waals surface area contributed by atoms with Crippen molar-refractivity contribution in [2.45, 2.75) is 75.5 Å². The zero-order valence-corrected chi connectivity index (χ0v) is 24.4. The summed E-state index contributed by atoms with van der Waals surface area (Å²) in [6.07, 6.45) is 8.49. The first-order chi connectivity index (χ1) is 19.8. The minimum atomic E-state index is -1.12. The molecule has 3 fully saturated rings. The highest BCUT2D eigenvalue weighted by Crippen LogP contribution is 2.64. The molecule has 3 aliphatic heterocycles. The van der Waals surface area contributed by atoms with E-state index >= 15 is 0 Å². The van der Waals surface area contributed by atoms with Crippen molar-refractivity contribution in [3.8, 4) is 5.75 Å². The molecule has 9 heteroatoms. The van der Waals surface area contributed by atoms with Crippen LogP contribution in [0, 0.1) is 11.8 Å². The number of methoxy groups -OCH3 is 1. The van der Waals surface area contributed by atoms with E-state index in [4.69, 9.17) is 14.2 Å². The molecule has 3 aliphatic rings. The minimum absolute atomic E-state index is 0.121. The maximum Gasteiger partial charge on any atom is 0.312 e. The third kappa shape index (κ3) is 5.54. The molecule has 1 aromatic rings. The summed E-state index contributed by atoms with van der Waals surface area (Å²) in [5.74, 6) is -1.82. The number of carbonyl (C=O) groups is 3. The van der Waals surface area contributed by atoms with E-state index in [0.717, 1.165) is 12.8 Å². The van der Waals surface area contributed by atoms with Crippen LogP contribution in [-0.4, -0.2) is 78.4 Å². The number of benzene rings is 1. The maximum absolute atomic E-state index is 14.6. The molecule has 224 valence electrons. The topological polar surface area (TPSA) is 106 Å². The molecule has 1 spiro atoms. The summed E-state index contributed by atoms with van der Waals surface area (Å²) >= 11 is 0. The van der Waals surface area contributed by atoms with Gasteiger partial charge in [0.25, 0.3) is 5.91 Å². The number of carbonyl (C=O) groups excluding carboxylic acids is 3. The average molecular weight is 569 g/mol. The lowest BCUT2D eigenvalue weighted by Crippen LogP contribution is -2.56. The second-order valence-corrected chi connectivity index (χ2v) is 11.2. The van der Waals surface area contributed by atoms with Gasteiger partial charge in [0.15, 0.2) is 0 Å². The number of hydrogen-bond acceptors (Lipinski definition) is 7. The molecule has 3 saturated heterocycles. The van der Waals surface area contributed by atoms with Gasteiger partial charge in [-0.15, -0.1) is 13.2 Å². The molecule has 0 radical (unpaired) electrons. The second-order valence-electron chi connectivity index (χ2n) is 11.2. The summed E-state index contributed by atoms with van der Waals surface area (Å²) in [5, 5.41) is 9.18. The van der Waals surface area contributed by atoms with Crippen LogP contribution < -0.4 is 9.64 Å². The van der Waals surface area contributed by atoms with E-state index in [-0.39, 0.29) is 31.6 Å². The third-order valence-corrected chi connectivity index (χ3v) is 9.00. The SMILES string of the molecule is C=CCCOC(=O)[C@@H]1[C@H]2C(=O)N(CCCCCCO)C(C(=O)N(CC=C)c3ccc(OC)cc3)C23CC[C@@]1(CC)O3. The Balaban J connectivity index is 1.73. The molecule has 1 N–H and O–H groups in total. The zero-order chi connectivity index (χ0) is 29.6. The van der Waals surface area contributed by atoms with Crippen LogP contribution in [0.4, 0.5) is 5.69 Å². The van der Waals surface area contributed by atoms with Gasteiger partial charge in [0, 0.05) is 25.4 Å². The Morgan fingerprint density at radius 2 is 1.88 bits per heavy atom. The fourth-order valence-electron chi connectivity index (χ4n) is 7.04. The molecule has 2 bridgehead atoms. The van der Waals surface area contributed by atoms with E-state index in [2.05, 4.69) is 13.2 Å². The number of esters is 1. The monoisotopic (exact) mass is 568 g/mol. The molecule has 0 aromatic heterocycles. The van der Waals surface area contributed by atoms with Gasteiger partial charge < -0.3 is 29.1 Å². The van der Waals surface area contributed by atoms with Crippen LogP contribution in [0.1, 0.15) is 58.3 Å². The van der Waals surface area contributed by atoms with Crippen LogP contribution in [0.15, 0.2) is 49.6 Å². The second kappa shape index (κ2) is 13.2. The summed E-state index contributed by atoms with van der Waals surface area (Å²) in [6, 6.07) is 6.31. The fourth-order valence-corrected chi connectivity index (χ4v) is 7.04. The molecule has 1 aromatic carbocycles. The van der Waals surface area contributed by atoms with E-state index in [0.29, 0.717) is 56.5 Å². The van der Waals surface area contributed by atoms with Crippen molar-refractivity contribution < 1.29 is 33.7 Å². The lowest BCUT2D eigenvalue weighted by atomic mass is 9.65. The first-order valence-corrected chi connectivity index (χ1v) is 14.8. The number of rotatable bonds is 16. The summed E-state index contributed by atoms with van der Waals surface area (Å²) in [4.78, 5) is 45.7. The molecular formula is C32H44N2O7. The van der Waals surface area contributed by atoms with E-state index in [9.17, 15) is 19.5 Å². The number of ether oxygens (including phenoxy) is 3. The number of amides is 2. The molecule has 0 aliphatic carbocycles. The van der Waals surface area contributed by atoms with Crippen LogP contribution in [-0.2, 0) is 23.9 Å². The maximum atomic E-state index is 14.6. The van der Waals surface area contributed by atoms with Crippen molar-refractivity contribution in [3.63, 3.8) is 0 Å². The van der Waals surface area contributed by atoms with Crippen molar-refractivity contribution in [3.05, 3.63) is 49.6 Å². The number of anilines is 1. The van der Waals surface area contributed by atoms with Crippen molar-refractivity contribution in [1.29, 1.82) is 0 Å². The van der Waals surface area contributed by atoms with Gasteiger partial charge in [-0.05, 0) is 62.8 Å². The third-order valence-electron chi connectivity index (χ3n) is 9.00. The largest absolute Gasteiger partial charge is 0.497 e. The Hall–Kier alpha value is -3.17. The summed E-state index contributed by atoms with van der Waals surface area (Å²) in [6.45, 7) is 10.4. The minimum Gasteiger partial charge on any atom is -0.497 e. The van der Waals surface area contributed by atoms with Crippen molar-refractivity contribution in [1.82, 2.24) is 4.90 Å². The molecule has 9 nitrogen and oxygen atoms in total. The van der Waals surface area contributed by atoms with Gasteiger partial charge in [0.05, 0.1) is 25.2 Å². The van der Waals surface area contributed by atoms with E-state index in [1.807, 2.05) is 19.1 Å². The lowest BCUT2D eigenvalue weighted by Gasteiger charge is -2.37. The number of nitrogens with zero attached hydrogens (tertiary/aromatic N) is 2. The highest BCUT2D eigenvalue weighted by molar-refractivity contribution is 6.04. The number of aliphatic hydroxyl groups excluding tert-OH is 1. The smallest absolute Gasteiger partial charge is 0.312 e. The molecule has 41 heavy (non-hydrogen) atoms. The zero-order valence-electron chi connectivity index (χ0n) is 24.4. The van der Waals surface area contributed by atoms with Crippen molar-refractivity contribution in [2.24, 2.45) is 11.8 Å². The first-order valence-electron chi connectivity index (χ1n) is 14.8. The van der Waals surface area contributed by atoms with Crippen LogP contribution in [0.3, 0.4) is 0 Å². The molecule has 5 atom stereocenters. The Bertz CT molecular complexity index is 1120. The van der Waals surface area contributed by atoms with Crippen LogP contribution in [0.5, 0.6) is 5.75 Å². The fraction of sp³-hybridized carbons (Fsp3) is 0.594. The van der Waals surface area contributed by atoms with Crippen LogP contribution in [0.25, 0.3) is 0 Å². The van der Waals surface area contributed by atoms with Crippen molar-refractivity contribution >= 4 is 23.5 Å². The summed E-state index contributed by atoms with van der Waals surface area (Å²) in [7, 11) is 1.58. The molecule has 4 rings (SSSR count). The quantitative estimate of drug-likeness (QED) is 0.182. The molecule has 2 amide bonds. The van der Waals surface area contributed by atoms with Crippen molar-refractivity contribution in [2.75, 3.05) is 38.3 Å². The lowest BCUT2D eigenvalue weighted by molar-refractivity contribution is -0.160. The van der Waals surface area contributed by atoms with E-state index in [1.165, 1.54) is 0 Å². The van der Waals surface area contributed by atoms with Gasteiger partial charge in [-0.3, -0.25) is 14.4 Å². The predicted molar refractivity (Wildman–Crippen MR) is 155 cm³/mol. The number of fused-ring (bicyclic) bond motifs is 1. The van der Waals surface area contributed by atoms with Crippen LogP contribution in [0.2, 0.25) is 0 Å². The van der Waals surface area contributed by atoms with Gasteiger partial charge in [-0.2, -0.15) is 0 Å². The first kappa shape index (κ1) is 30.8. The normalized spacial score (nSPS) is 27.9. The number of aliphatic hydroxyl groups is 1. The van der Waals surface area contributed by atoms with Gasteiger partial charge in [0.1, 0.15) is 23.3 Å². The Morgan fingerprint density at radius 3 is 2.51 bits per heavy atom. The highest BCUT2D eigenvalue weighted by Gasteiger charge is 2.79. The van der Waals surface area contributed by atoms with Gasteiger partial charge in [-0.1, -0.05) is 31.9 Å². The van der Waals surface area contributed by atoms with Crippen LogP contribution >= 0.6 is 0 Å². The standard InChI is InChI=1S/C32H44N2O7/c1-5-8-22-40-30(38)26-25-28(36)34(20-11-9-10-12-21-35)27(32(25)18-17-31(26,7-3)41-32)29(37)33(19-6-2)23-13-15-24(39-4)16-14-23/h5-6,13-16,25-27,35H,1-2,7-12,17-22H2,3-4H3/t25-,26-,27?,31+,32?/m0/s1. The Kier molecular flexibility index (Phi) is 9.92. The highest BCUT2D eigenvalue weighted by atomic mass is 16.6. The average Bonchev–Trinajstić information content (AvgIpc) is 3.59. The number of unbranched alkanes of at least 4 members (excludes halogenated alkanes) is 3. The van der Waals surface area contributed by atoms with E-state index in [1.54, 1.807) is 41.2 Å². The van der Waals surface area contributed by atoms with Gasteiger partial charge in [0.2, 0.25) is 5.91 Å². The van der Waals surface area contributed by atoms with E-state index < -0.39 is 35.0 Å². The molecule has 0 saturated carbocycles. The predicted octanol–water partition coefficient (Wildman–Crippen LogP) is 4.04. The van der Waals surface area contributed by atoms with Gasteiger partial charge in [-0.25, -0.2) is 0 Å². The van der Waals surface area contributed by atoms with Gasteiger partial charge >= 0.3 is 5.97 Å². The molecule has 2 unspecified atom stereocenters. The summed E-state index contributed by atoms with van der Waals surface area (Å²) in [5.41, 5.74) is -1.31. The Morgan fingerprint density at radius 1 is 1.15 bits per heavy atom. The number of hydrogen-bond donors (Lipinski definition) is 1. The Labute approximate surface area is 243 Å². The summed E-state index contributed by atoms with van der Waals surface area (Å²) < 4.78 is 17.8.